The smallest absolute Gasteiger partial charge is 0.228 e. The summed E-state index contributed by atoms with van der Waals surface area (Å²) in [6.07, 6.45) is 0.423. The van der Waals surface area contributed by atoms with Crippen LogP contribution in [0.5, 0.6) is 11.5 Å². The van der Waals surface area contributed by atoms with Gasteiger partial charge in [0, 0.05) is 12.2 Å². The van der Waals surface area contributed by atoms with Gasteiger partial charge in [-0.2, -0.15) is 0 Å². The molecule has 2 heterocycles. The Balaban J connectivity index is 1.57. The van der Waals surface area contributed by atoms with Gasteiger partial charge in [-0.3, -0.25) is 9.79 Å². The van der Waals surface area contributed by atoms with Crippen LogP contribution in [-0.4, -0.2) is 35.6 Å². The van der Waals surface area contributed by atoms with E-state index >= 15 is 0 Å². The van der Waals surface area contributed by atoms with Gasteiger partial charge in [0.1, 0.15) is 12.7 Å². The molecule has 2 aliphatic rings. The number of para-hydroxylation sites is 2. The zero-order valence-electron chi connectivity index (χ0n) is 11.2. The third-order valence-electron chi connectivity index (χ3n) is 3.04. The molecule has 1 amide bonds. The number of nitrogens with one attached hydrogen (secondary N) is 1. The Morgan fingerprint density at radius 3 is 3.00 bits per heavy atom. The third kappa shape index (κ3) is 3.07. The second kappa shape index (κ2) is 5.75. The summed E-state index contributed by atoms with van der Waals surface area (Å²) in [6.45, 7) is 2.45. The van der Waals surface area contributed by atoms with Gasteiger partial charge in [0.2, 0.25) is 5.91 Å². The summed E-state index contributed by atoms with van der Waals surface area (Å²) in [7, 11) is 0. The first-order chi connectivity index (χ1) is 9.70. The normalized spacial score (nSPS) is 24.9. The highest BCUT2D eigenvalue weighted by molar-refractivity contribution is 8.13. The van der Waals surface area contributed by atoms with E-state index in [1.807, 2.05) is 31.2 Å². The number of hydrogen-bond acceptors (Lipinski definition) is 5. The van der Waals surface area contributed by atoms with Gasteiger partial charge in [-0.1, -0.05) is 23.9 Å². The third-order valence-corrected chi connectivity index (χ3v) is 4.06. The maximum atomic E-state index is 11.4. The highest BCUT2D eigenvalue weighted by Gasteiger charge is 2.23. The number of carbonyl (C=O) groups excluding carboxylic acids is 1. The second-order valence-electron chi connectivity index (χ2n) is 4.84. The quantitative estimate of drug-likeness (QED) is 0.903. The number of amides is 1. The van der Waals surface area contributed by atoms with Crippen LogP contribution in [0.1, 0.15) is 13.3 Å². The molecule has 106 valence electrons. The monoisotopic (exact) mass is 292 g/mol. The highest BCUT2D eigenvalue weighted by Crippen LogP contribution is 2.31. The van der Waals surface area contributed by atoms with Crippen molar-refractivity contribution in [3.63, 3.8) is 0 Å². The number of fused-ring (bicyclic) bond motifs is 1. The zero-order chi connectivity index (χ0) is 13.9. The van der Waals surface area contributed by atoms with E-state index in [2.05, 4.69) is 10.3 Å². The van der Waals surface area contributed by atoms with Crippen LogP contribution in [0.25, 0.3) is 0 Å². The number of benzene rings is 1. The summed E-state index contributed by atoms with van der Waals surface area (Å²) in [5.74, 6) is 2.28. The maximum Gasteiger partial charge on any atom is 0.228 e. The Bertz CT molecular complexity index is 547. The molecular weight excluding hydrogens is 276 g/mol. The van der Waals surface area contributed by atoms with E-state index in [9.17, 15) is 4.79 Å². The lowest BCUT2D eigenvalue weighted by Crippen LogP contribution is -2.38. The maximum absolute atomic E-state index is 11.4. The molecule has 2 atom stereocenters. The second-order valence-corrected chi connectivity index (χ2v) is 5.85. The Labute approximate surface area is 121 Å². The van der Waals surface area contributed by atoms with Crippen LogP contribution in [0, 0.1) is 0 Å². The summed E-state index contributed by atoms with van der Waals surface area (Å²) in [5.41, 5.74) is 0. The molecule has 0 aromatic heterocycles. The zero-order valence-corrected chi connectivity index (χ0v) is 12.0. The first-order valence-electron chi connectivity index (χ1n) is 6.59. The minimum Gasteiger partial charge on any atom is -0.486 e. The van der Waals surface area contributed by atoms with Crippen LogP contribution in [-0.2, 0) is 4.79 Å². The van der Waals surface area contributed by atoms with Gasteiger partial charge in [0.15, 0.2) is 16.7 Å². The fourth-order valence-corrected chi connectivity index (χ4v) is 3.06. The molecule has 5 nitrogen and oxygen atoms in total. The van der Waals surface area contributed by atoms with Gasteiger partial charge < -0.3 is 14.8 Å². The lowest BCUT2D eigenvalue weighted by atomic mass is 10.2. The number of carbonyl (C=O) groups is 1. The molecule has 1 N–H and O–H groups in total. The molecule has 0 saturated heterocycles. The molecule has 20 heavy (non-hydrogen) atoms. The van der Waals surface area contributed by atoms with Crippen molar-refractivity contribution in [3.8, 4) is 11.5 Å². The van der Waals surface area contributed by atoms with Crippen molar-refractivity contribution in [1.29, 1.82) is 0 Å². The number of nitrogens with zero attached hydrogens (tertiary/aromatic N) is 1. The summed E-state index contributed by atoms with van der Waals surface area (Å²) < 4.78 is 11.5. The molecular formula is C14H16N2O3S. The van der Waals surface area contributed by atoms with Crippen molar-refractivity contribution in [2.75, 3.05) is 12.4 Å². The molecule has 0 fully saturated rings. The van der Waals surface area contributed by atoms with Crippen molar-refractivity contribution >= 4 is 22.8 Å². The fourth-order valence-electron chi connectivity index (χ4n) is 2.11. The number of aliphatic imine (C=N–C) groups is 1. The van der Waals surface area contributed by atoms with Crippen LogP contribution in [0.2, 0.25) is 0 Å². The predicted molar refractivity (Wildman–Crippen MR) is 78.5 cm³/mol. The van der Waals surface area contributed by atoms with E-state index in [1.54, 1.807) is 0 Å². The lowest BCUT2D eigenvalue weighted by Gasteiger charge is -2.26. The molecule has 3 rings (SSSR count). The highest BCUT2D eigenvalue weighted by atomic mass is 32.2. The van der Waals surface area contributed by atoms with Crippen LogP contribution >= 0.6 is 11.8 Å². The van der Waals surface area contributed by atoms with Crippen molar-refractivity contribution in [2.45, 2.75) is 25.5 Å². The SMILES string of the molecule is C[C@@H]1CC(=O)NC(SC[C@@H]2COc3ccccc3O2)=N1. The summed E-state index contributed by atoms with van der Waals surface area (Å²) in [4.78, 5) is 15.9. The van der Waals surface area contributed by atoms with Crippen molar-refractivity contribution in [3.05, 3.63) is 24.3 Å². The van der Waals surface area contributed by atoms with Gasteiger partial charge in [-0.15, -0.1) is 0 Å². The molecule has 1 aromatic carbocycles. The van der Waals surface area contributed by atoms with Crippen LogP contribution < -0.4 is 14.8 Å². The molecule has 0 saturated carbocycles. The number of amidine groups is 1. The molecule has 0 bridgehead atoms. The van der Waals surface area contributed by atoms with Gasteiger partial charge in [0.05, 0.1) is 6.04 Å². The standard InChI is InChI=1S/C14H16N2O3S/c1-9-6-13(17)16-14(15-9)20-8-10-7-18-11-4-2-3-5-12(11)19-10/h2-5,9-10H,6-8H2,1H3,(H,15,16,17)/t9-,10+/m1/s1. The molecule has 1 aromatic rings. The van der Waals surface area contributed by atoms with Crippen molar-refractivity contribution in [2.24, 2.45) is 4.99 Å². The summed E-state index contributed by atoms with van der Waals surface area (Å²) >= 11 is 1.50. The van der Waals surface area contributed by atoms with Crippen LogP contribution in [0.3, 0.4) is 0 Å². The Kier molecular flexibility index (Phi) is 3.82. The topological polar surface area (TPSA) is 59.9 Å². The largest absolute Gasteiger partial charge is 0.486 e. The number of hydrogen-bond donors (Lipinski definition) is 1. The van der Waals surface area contributed by atoms with E-state index in [-0.39, 0.29) is 18.1 Å². The summed E-state index contributed by atoms with van der Waals surface area (Å²) in [6, 6.07) is 7.69. The van der Waals surface area contributed by atoms with Crippen LogP contribution in [0.4, 0.5) is 0 Å². The minimum absolute atomic E-state index is 0.0289. The minimum atomic E-state index is -0.0354. The van der Waals surface area contributed by atoms with Crippen LogP contribution in [0.15, 0.2) is 29.3 Å². The molecule has 0 aliphatic carbocycles. The van der Waals surface area contributed by atoms with Crippen molar-refractivity contribution < 1.29 is 14.3 Å². The van der Waals surface area contributed by atoms with E-state index in [0.717, 1.165) is 11.5 Å². The predicted octanol–water partition coefficient (Wildman–Crippen LogP) is 1.82. The molecule has 2 aliphatic heterocycles. The number of rotatable bonds is 2. The van der Waals surface area contributed by atoms with Crippen molar-refractivity contribution in [1.82, 2.24) is 5.32 Å². The average molecular weight is 292 g/mol. The van der Waals surface area contributed by atoms with Gasteiger partial charge >= 0.3 is 0 Å². The van der Waals surface area contributed by atoms with Gasteiger partial charge in [-0.05, 0) is 19.1 Å². The van der Waals surface area contributed by atoms with Gasteiger partial charge in [0.25, 0.3) is 0 Å². The lowest BCUT2D eigenvalue weighted by molar-refractivity contribution is -0.120. The molecule has 0 unspecified atom stereocenters. The Morgan fingerprint density at radius 2 is 2.20 bits per heavy atom. The Morgan fingerprint density at radius 1 is 1.40 bits per heavy atom. The van der Waals surface area contributed by atoms with E-state index < -0.39 is 0 Å². The van der Waals surface area contributed by atoms with E-state index in [0.29, 0.717) is 23.9 Å². The van der Waals surface area contributed by atoms with E-state index in [4.69, 9.17) is 9.47 Å². The number of thioether (sulfide) groups is 1. The number of ether oxygens (including phenoxy) is 2. The Hall–Kier alpha value is -1.69. The molecule has 6 heteroatoms. The first kappa shape index (κ1) is 13.3. The van der Waals surface area contributed by atoms with E-state index in [1.165, 1.54) is 11.8 Å². The average Bonchev–Trinajstić information content (AvgIpc) is 2.44. The fraction of sp³-hybridized carbons (Fsp3) is 0.429. The summed E-state index contributed by atoms with van der Waals surface area (Å²) in [5, 5.41) is 3.46. The molecule has 0 spiro atoms. The van der Waals surface area contributed by atoms with Gasteiger partial charge in [-0.25, -0.2) is 0 Å². The molecule has 0 radical (unpaired) electrons. The first-order valence-corrected chi connectivity index (χ1v) is 7.58.